The molecule has 1 rings (SSSR count). The summed E-state index contributed by atoms with van der Waals surface area (Å²) in [6, 6.07) is 5.56. The molecular formula is C15H19NO2. The van der Waals surface area contributed by atoms with Crippen molar-refractivity contribution in [2.24, 2.45) is 0 Å². The van der Waals surface area contributed by atoms with E-state index in [4.69, 9.17) is 11.2 Å². The fourth-order valence-electron chi connectivity index (χ4n) is 1.64. The van der Waals surface area contributed by atoms with Gasteiger partial charge in [-0.3, -0.25) is 4.79 Å². The van der Waals surface area contributed by atoms with Gasteiger partial charge in [-0.15, -0.1) is 12.3 Å². The minimum absolute atomic E-state index is 0.0909. The molecule has 0 fully saturated rings. The number of aryl methyl sites for hydroxylation is 1. The van der Waals surface area contributed by atoms with Crippen molar-refractivity contribution >= 4 is 5.91 Å². The number of methoxy groups -OCH3 is 1. The van der Waals surface area contributed by atoms with Crippen molar-refractivity contribution in [3.8, 4) is 18.1 Å². The number of ether oxygens (including phenoxy) is 1. The number of benzene rings is 1. The third-order valence-corrected chi connectivity index (χ3v) is 2.51. The molecule has 1 aromatic carbocycles. The fourth-order valence-corrected chi connectivity index (χ4v) is 1.64. The zero-order chi connectivity index (χ0) is 13.5. The molecule has 1 amide bonds. The van der Waals surface area contributed by atoms with Gasteiger partial charge in [0.2, 0.25) is 0 Å². The van der Waals surface area contributed by atoms with E-state index in [-0.39, 0.29) is 11.9 Å². The van der Waals surface area contributed by atoms with E-state index in [1.165, 1.54) is 0 Å². The molecule has 3 nitrogen and oxygen atoms in total. The van der Waals surface area contributed by atoms with Crippen LogP contribution < -0.4 is 10.1 Å². The minimum Gasteiger partial charge on any atom is -0.496 e. The molecule has 1 N–H and O–H groups in total. The second-order valence-corrected chi connectivity index (χ2v) is 4.36. The lowest BCUT2D eigenvalue weighted by molar-refractivity contribution is 0.0943. The van der Waals surface area contributed by atoms with Crippen LogP contribution in [0.4, 0.5) is 0 Å². The van der Waals surface area contributed by atoms with E-state index in [1.807, 2.05) is 19.9 Å². The van der Waals surface area contributed by atoms with E-state index in [2.05, 4.69) is 11.2 Å². The highest BCUT2D eigenvalue weighted by Crippen LogP contribution is 2.21. The Kier molecular flexibility index (Phi) is 5.26. The average Bonchev–Trinajstić information content (AvgIpc) is 2.35. The largest absolute Gasteiger partial charge is 0.496 e. The first-order chi connectivity index (χ1) is 8.58. The number of hydrogen-bond acceptors (Lipinski definition) is 2. The zero-order valence-corrected chi connectivity index (χ0v) is 11.1. The van der Waals surface area contributed by atoms with Crippen LogP contribution in [0, 0.1) is 12.3 Å². The van der Waals surface area contributed by atoms with Gasteiger partial charge in [-0.25, -0.2) is 0 Å². The maximum absolute atomic E-state index is 11.8. The predicted molar refractivity (Wildman–Crippen MR) is 72.8 cm³/mol. The van der Waals surface area contributed by atoms with E-state index in [0.717, 1.165) is 12.0 Å². The summed E-state index contributed by atoms with van der Waals surface area (Å²) in [7, 11) is 1.60. The second kappa shape index (κ2) is 6.70. The Morgan fingerprint density at radius 2 is 2.22 bits per heavy atom. The Balaban J connectivity index is 2.91. The molecule has 1 aromatic rings. The molecule has 3 heteroatoms. The molecule has 0 aromatic heterocycles. The van der Waals surface area contributed by atoms with Crippen LogP contribution in [0.2, 0.25) is 0 Å². The van der Waals surface area contributed by atoms with E-state index < -0.39 is 0 Å². The number of terminal acetylenes is 1. The summed E-state index contributed by atoms with van der Waals surface area (Å²) < 4.78 is 5.29. The fraction of sp³-hybridized carbons (Fsp3) is 0.400. The Bertz CT molecular complexity index is 458. The molecular weight excluding hydrogens is 226 g/mol. The van der Waals surface area contributed by atoms with Gasteiger partial charge in [0, 0.05) is 18.0 Å². The smallest absolute Gasteiger partial charge is 0.251 e. The van der Waals surface area contributed by atoms with E-state index in [1.54, 1.807) is 19.2 Å². The summed E-state index contributed by atoms with van der Waals surface area (Å²) in [6.07, 6.45) is 6.66. The Morgan fingerprint density at radius 3 is 2.78 bits per heavy atom. The summed E-state index contributed by atoms with van der Waals surface area (Å²) in [4.78, 5) is 11.8. The molecule has 0 aliphatic carbocycles. The van der Waals surface area contributed by atoms with Gasteiger partial charge in [-0.1, -0.05) is 6.07 Å². The van der Waals surface area contributed by atoms with Gasteiger partial charge in [-0.05, 0) is 38.0 Å². The van der Waals surface area contributed by atoms with Crippen LogP contribution in [0.15, 0.2) is 18.2 Å². The maximum atomic E-state index is 11.8. The van der Waals surface area contributed by atoms with Crippen molar-refractivity contribution in [1.29, 1.82) is 0 Å². The van der Waals surface area contributed by atoms with E-state index in [0.29, 0.717) is 17.7 Å². The van der Waals surface area contributed by atoms with Crippen molar-refractivity contribution in [3.63, 3.8) is 0 Å². The number of carbonyl (C=O) groups excluding carboxylic acids is 1. The Labute approximate surface area is 109 Å². The van der Waals surface area contributed by atoms with Crippen LogP contribution in [0.3, 0.4) is 0 Å². The molecule has 0 aliphatic heterocycles. The van der Waals surface area contributed by atoms with Gasteiger partial charge in [0.1, 0.15) is 5.75 Å². The number of amides is 1. The molecule has 0 radical (unpaired) electrons. The predicted octanol–water partition coefficient (Wildman–Crippen LogP) is 2.40. The molecule has 0 saturated heterocycles. The highest BCUT2D eigenvalue weighted by Gasteiger charge is 2.10. The average molecular weight is 245 g/mol. The lowest BCUT2D eigenvalue weighted by atomic mass is 10.1. The minimum atomic E-state index is -0.0909. The van der Waals surface area contributed by atoms with Crippen molar-refractivity contribution < 1.29 is 9.53 Å². The van der Waals surface area contributed by atoms with Crippen LogP contribution in [-0.4, -0.2) is 19.1 Å². The summed E-state index contributed by atoms with van der Waals surface area (Å²) in [6.45, 7) is 3.85. The van der Waals surface area contributed by atoms with Crippen molar-refractivity contribution in [1.82, 2.24) is 5.32 Å². The topological polar surface area (TPSA) is 38.3 Å². The van der Waals surface area contributed by atoms with Gasteiger partial charge in [0.25, 0.3) is 5.91 Å². The summed E-state index contributed by atoms with van der Waals surface area (Å²) >= 11 is 0. The molecule has 96 valence electrons. The van der Waals surface area contributed by atoms with Gasteiger partial charge in [0.15, 0.2) is 0 Å². The second-order valence-electron chi connectivity index (χ2n) is 4.36. The van der Waals surface area contributed by atoms with E-state index in [9.17, 15) is 4.79 Å². The first-order valence-corrected chi connectivity index (χ1v) is 5.99. The van der Waals surface area contributed by atoms with Gasteiger partial charge >= 0.3 is 0 Å². The van der Waals surface area contributed by atoms with Gasteiger partial charge in [-0.2, -0.15) is 0 Å². The highest BCUT2D eigenvalue weighted by molar-refractivity contribution is 5.94. The lowest BCUT2D eigenvalue weighted by Gasteiger charge is -2.11. The third kappa shape index (κ3) is 3.81. The van der Waals surface area contributed by atoms with Gasteiger partial charge < -0.3 is 10.1 Å². The highest BCUT2D eigenvalue weighted by atomic mass is 16.5. The van der Waals surface area contributed by atoms with E-state index >= 15 is 0 Å². The SMILES string of the molecule is C#CCCc1ccc(C(=O)NC(C)C)cc1OC. The van der Waals surface area contributed by atoms with Crippen molar-refractivity contribution in [2.45, 2.75) is 32.7 Å². The van der Waals surface area contributed by atoms with Crippen LogP contribution in [-0.2, 0) is 6.42 Å². The standard InChI is InChI=1S/C15H19NO2/c1-5-6-7-12-8-9-13(10-14(12)18-4)15(17)16-11(2)3/h1,8-11H,6-7H2,2-4H3,(H,16,17). The number of nitrogens with one attached hydrogen (secondary N) is 1. The third-order valence-electron chi connectivity index (χ3n) is 2.51. The molecule has 0 bridgehead atoms. The lowest BCUT2D eigenvalue weighted by Crippen LogP contribution is -2.30. The van der Waals surface area contributed by atoms with Crippen molar-refractivity contribution in [2.75, 3.05) is 7.11 Å². The Morgan fingerprint density at radius 1 is 1.50 bits per heavy atom. The molecule has 0 heterocycles. The maximum Gasteiger partial charge on any atom is 0.251 e. The summed E-state index contributed by atoms with van der Waals surface area (Å²) in [5.41, 5.74) is 1.63. The monoisotopic (exact) mass is 245 g/mol. The van der Waals surface area contributed by atoms with Crippen LogP contribution in [0.25, 0.3) is 0 Å². The molecule has 18 heavy (non-hydrogen) atoms. The Hall–Kier alpha value is -1.95. The van der Waals surface area contributed by atoms with Crippen molar-refractivity contribution in [3.05, 3.63) is 29.3 Å². The van der Waals surface area contributed by atoms with Crippen LogP contribution >= 0.6 is 0 Å². The first-order valence-electron chi connectivity index (χ1n) is 5.99. The number of carbonyl (C=O) groups is 1. The van der Waals surface area contributed by atoms with Gasteiger partial charge in [0.05, 0.1) is 7.11 Å². The summed E-state index contributed by atoms with van der Waals surface area (Å²) in [5, 5.41) is 2.85. The summed E-state index contributed by atoms with van der Waals surface area (Å²) in [5.74, 6) is 3.22. The molecule has 0 spiro atoms. The molecule has 0 saturated carbocycles. The molecule has 0 unspecified atom stereocenters. The first kappa shape index (κ1) is 14.1. The van der Waals surface area contributed by atoms with Crippen LogP contribution in [0.5, 0.6) is 5.75 Å². The van der Waals surface area contributed by atoms with Crippen LogP contribution in [0.1, 0.15) is 36.2 Å². The number of rotatable bonds is 5. The number of hydrogen-bond donors (Lipinski definition) is 1. The zero-order valence-electron chi connectivity index (χ0n) is 11.1. The molecule has 0 aliphatic rings. The molecule has 0 atom stereocenters. The normalized spacial score (nSPS) is 9.94. The quantitative estimate of drug-likeness (QED) is 0.809.